The minimum absolute atomic E-state index is 0.0113. The second kappa shape index (κ2) is 6.98. The summed E-state index contributed by atoms with van der Waals surface area (Å²) in [6.45, 7) is 1.98. The Bertz CT molecular complexity index is 796. The lowest BCUT2D eigenvalue weighted by Crippen LogP contribution is -2.15. The maximum Gasteiger partial charge on any atom is 0.221 e. The maximum atomic E-state index is 5.99. The minimum Gasteiger partial charge on any atom is -0.498 e. The molecule has 2 atom stereocenters. The molecule has 3 rings (SSSR count). The van der Waals surface area contributed by atoms with Crippen molar-refractivity contribution in [2.45, 2.75) is 25.6 Å². The highest BCUT2D eigenvalue weighted by Crippen LogP contribution is 2.33. The van der Waals surface area contributed by atoms with Crippen LogP contribution in [0.4, 0.5) is 11.8 Å². The molecule has 4 N–H and O–H groups in total. The van der Waals surface area contributed by atoms with Crippen molar-refractivity contribution in [3.63, 3.8) is 0 Å². The van der Waals surface area contributed by atoms with Crippen molar-refractivity contribution in [3.8, 4) is 0 Å². The number of fused-ring (bicyclic) bond motifs is 1. The van der Waals surface area contributed by atoms with Gasteiger partial charge < -0.3 is 25.7 Å². The first kappa shape index (κ1) is 17.0. The molecule has 1 aliphatic heterocycles. The topological polar surface area (TPSA) is 106 Å². The summed E-state index contributed by atoms with van der Waals surface area (Å²) >= 11 is 0. The molecule has 0 aromatic carbocycles. The molecule has 0 saturated heterocycles. The summed E-state index contributed by atoms with van der Waals surface area (Å²) in [5.74, 6) is 1.96. The Hall–Kier alpha value is -2.80. The van der Waals surface area contributed by atoms with Gasteiger partial charge in [-0.3, -0.25) is 0 Å². The lowest BCUT2D eigenvalue weighted by Gasteiger charge is -2.22. The van der Waals surface area contributed by atoms with E-state index in [0.29, 0.717) is 18.0 Å². The molecule has 2 unspecified atom stereocenters. The van der Waals surface area contributed by atoms with Crippen molar-refractivity contribution in [1.82, 2.24) is 9.97 Å². The SMILES string of the molecule is COC1=CC(Cc2cnc(N)nc2N)=C2C=CC(C)OC2=CC1OC. The Kier molecular flexibility index (Phi) is 4.76. The molecular weight excluding hydrogens is 320 g/mol. The number of nitrogen functional groups attached to an aromatic ring is 2. The number of rotatable bonds is 4. The van der Waals surface area contributed by atoms with E-state index < -0.39 is 0 Å². The van der Waals surface area contributed by atoms with Crippen LogP contribution in [0.25, 0.3) is 0 Å². The van der Waals surface area contributed by atoms with E-state index in [4.69, 9.17) is 25.7 Å². The van der Waals surface area contributed by atoms with E-state index in [9.17, 15) is 0 Å². The van der Waals surface area contributed by atoms with Gasteiger partial charge in [-0.2, -0.15) is 4.98 Å². The van der Waals surface area contributed by atoms with Crippen LogP contribution in [-0.4, -0.2) is 36.4 Å². The first-order valence-corrected chi connectivity index (χ1v) is 7.97. The molecule has 7 nitrogen and oxygen atoms in total. The van der Waals surface area contributed by atoms with E-state index in [0.717, 1.165) is 22.5 Å². The van der Waals surface area contributed by atoms with Crippen LogP contribution in [0.5, 0.6) is 0 Å². The predicted molar refractivity (Wildman–Crippen MR) is 95.2 cm³/mol. The van der Waals surface area contributed by atoms with Crippen molar-refractivity contribution < 1.29 is 14.2 Å². The van der Waals surface area contributed by atoms with E-state index in [2.05, 4.69) is 9.97 Å². The Morgan fingerprint density at radius 3 is 2.76 bits per heavy atom. The van der Waals surface area contributed by atoms with Gasteiger partial charge in [0.2, 0.25) is 5.95 Å². The summed E-state index contributed by atoms with van der Waals surface area (Å²) < 4.78 is 17.0. The second-order valence-electron chi connectivity index (χ2n) is 5.87. The molecule has 1 aromatic rings. The zero-order valence-electron chi connectivity index (χ0n) is 14.5. The maximum absolute atomic E-state index is 5.99. The standard InChI is InChI=1S/C18H22N4O3/c1-10-4-5-13-11(6-12-9-21-18(20)22-17(12)19)7-15(23-2)16(24-3)8-14(13)25-10/h4-5,7-10,16H,6H2,1-3H3,(H4,19,20,21,22). The number of allylic oxidation sites excluding steroid dienone is 3. The van der Waals surface area contributed by atoms with E-state index in [1.54, 1.807) is 20.4 Å². The van der Waals surface area contributed by atoms with Gasteiger partial charge in [-0.05, 0) is 30.7 Å². The van der Waals surface area contributed by atoms with Gasteiger partial charge in [0, 0.05) is 30.9 Å². The van der Waals surface area contributed by atoms with Crippen molar-refractivity contribution >= 4 is 11.8 Å². The summed E-state index contributed by atoms with van der Waals surface area (Å²) in [6.07, 6.45) is 9.74. The summed E-state index contributed by atoms with van der Waals surface area (Å²) in [6, 6.07) is 0. The van der Waals surface area contributed by atoms with Gasteiger partial charge >= 0.3 is 0 Å². The molecule has 0 spiro atoms. The molecular formula is C18H22N4O3. The quantitative estimate of drug-likeness (QED) is 0.861. The van der Waals surface area contributed by atoms with Gasteiger partial charge in [0.1, 0.15) is 29.5 Å². The molecule has 2 heterocycles. The number of nitrogens with two attached hydrogens (primary N) is 2. The molecule has 2 aliphatic rings. The monoisotopic (exact) mass is 342 g/mol. The number of hydrogen-bond acceptors (Lipinski definition) is 7. The van der Waals surface area contributed by atoms with Crippen LogP contribution in [-0.2, 0) is 20.6 Å². The molecule has 0 fully saturated rings. The molecule has 1 aromatic heterocycles. The smallest absolute Gasteiger partial charge is 0.221 e. The Labute approximate surface area is 146 Å². The average molecular weight is 342 g/mol. The molecule has 25 heavy (non-hydrogen) atoms. The van der Waals surface area contributed by atoms with Crippen LogP contribution in [0, 0.1) is 0 Å². The fraction of sp³-hybridized carbons (Fsp3) is 0.333. The third-order valence-corrected chi connectivity index (χ3v) is 4.15. The highest BCUT2D eigenvalue weighted by atomic mass is 16.5. The Morgan fingerprint density at radius 2 is 2.08 bits per heavy atom. The van der Waals surface area contributed by atoms with Crippen LogP contribution in [0.15, 0.2) is 53.2 Å². The number of aromatic nitrogens is 2. The van der Waals surface area contributed by atoms with Crippen molar-refractivity contribution in [2.24, 2.45) is 0 Å². The zero-order chi connectivity index (χ0) is 18.0. The summed E-state index contributed by atoms with van der Waals surface area (Å²) in [4.78, 5) is 8.07. The molecule has 0 radical (unpaired) electrons. The van der Waals surface area contributed by atoms with E-state index in [1.807, 2.05) is 31.2 Å². The van der Waals surface area contributed by atoms with Gasteiger partial charge in [-0.15, -0.1) is 0 Å². The highest BCUT2D eigenvalue weighted by molar-refractivity contribution is 5.54. The summed E-state index contributed by atoms with van der Waals surface area (Å²) in [7, 11) is 3.25. The molecule has 0 saturated carbocycles. The molecule has 7 heteroatoms. The Morgan fingerprint density at radius 1 is 1.28 bits per heavy atom. The lowest BCUT2D eigenvalue weighted by atomic mass is 9.98. The highest BCUT2D eigenvalue weighted by Gasteiger charge is 2.25. The Balaban J connectivity index is 2.09. The normalized spacial score (nSPS) is 22.5. The minimum atomic E-state index is -0.328. The molecule has 0 amide bonds. The predicted octanol–water partition coefficient (Wildman–Crippen LogP) is 1.90. The van der Waals surface area contributed by atoms with Gasteiger partial charge in [0.05, 0.1) is 7.11 Å². The molecule has 1 aliphatic carbocycles. The van der Waals surface area contributed by atoms with Gasteiger partial charge in [0.15, 0.2) is 0 Å². The van der Waals surface area contributed by atoms with E-state index in [-0.39, 0.29) is 18.2 Å². The third kappa shape index (κ3) is 3.51. The fourth-order valence-electron chi connectivity index (χ4n) is 2.84. The summed E-state index contributed by atoms with van der Waals surface area (Å²) in [5.41, 5.74) is 14.3. The van der Waals surface area contributed by atoms with E-state index >= 15 is 0 Å². The van der Waals surface area contributed by atoms with Crippen molar-refractivity contribution in [1.29, 1.82) is 0 Å². The molecule has 132 valence electrons. The first-order chi connectivity index (χ1) is 12.0. The average Bonchev–Trinajstić information content (AvgIpc) is 2.73. The van der Waals surface area contributed by atoms with Gasteiger partial charge in [0.25, 0.3) is 0 Å². The van der Waals surface area contributed by atoms with Crippen LogP contribution >= 0.6 is 0 Å². The van der Waals surface area contributed by atoms with Crippen LogP contribution in [0.2, 0.25) is 0 Å². The van der Waals surface area contributed by atoms with Gasteiger partial charge in [-0.1, -0.05) is 6.08 Å². The fourth-order valence-corrected chi connectivity index (χ4v) is 2.84. The van der Waals surface area contributed by atoms with Crippen molar-refractivity contribution in [3.05, 3.63) is 58.7 Å². The number of anilines is 2. The summed E-state index contributed by atoms with van der Waals surface area (Å²) in [5, 5.41) is 0. The van der Waals surface area contributed by atoms with Crippen molar-refractivity contribution in [2.75, 3.05) is 25.7 Å². The van der Waals surface area contributed by atoms with Gasteiger partial charge in [-0.25, -0.2) is 4.98 Å². The first-order valence-electron chi connectivity index (χ1n) is 7.97. The van der Waals surface area contributed by atoms with Crippen LogP contribution in [0.1, 0.15) is 12.5 Å². The second-order valence-corrected chi connectivity index (χ2v) is 5.87. The van der Waals surface area contributed by atoms with Crippen LogP contribution < -0.4 is 11.5 Å². The van der Waals surface area contributed by atoms with E-state index in [1.165, 1.54) is 0 Å². The van der Waals surface area contributed by atoms with Crippen LogP contribution in [0.3, 0.4) is 0 Å². The number of methoxy groups -OCH3 is 2. The third-order valence-electron chi connectivity index (χ3n) is 4.15. The largest absolute Gasteiger partial charge is 0.498 e. The number of hydrogen-bond donors (Lipinski definition) is 2. The molecule has 0 bridgehead atoms. The number of ether oxygens (including phenoxy) is 3. The lowest BCUT2D eigenvalue weighted by molar-refractivity contribution is 0.103. The zero-order valence-corrected chi connectivity index (χ0v) is 14.5. The number of nitrogens with zero attached hydrogens (tertiary/aromatic N) is 2.